The third kappa shape index (κ3) is 4.19. The molecule has 0 aromatic heterocycles. The predicted molar refractivity (Wildman–Crippen MR) is 79.0 cm³/mol. The number of fused-ring (bicyclic) bond motifs is 2. The molecule has 4 rings (SSSR count). The van der Waals surface area contributed by atoms with E-state index in [9.17, 15) is 9.59 Å². The van der Waals surface area contributed by atoms with Crippen molar-refractivity contribution >= 4 is 11.9 Å². The summed E-state index contributed by atoms with van der Waals surface area (Å²) < 4.78 is 20.0. The average Bonchev–Trinajstić information content (AvgIpc) is 3.22. The molecular formula is C16H12O8Zn. The maximum Gasteiger partial charge on any atom is 0.335 e. The Morgan fingerprint density at radius 1 is 0.680 bits per heavy atom. The zero-order valence-electron chi connectivity index (χ0n) is 12.9. The maximum atomic E-state index is 10.5. The molecule has 126 valence electrons. The molecule has 0 aliphatic carbocycles. The summed E-state index contributed by atoms with van der Waals surface area (Å²) in [5.41, 5.74) is 0.415. The van der Waals surface area contributed by atoms with Crippen molar-refractivity contribution in [3.8, 4) is 23.0 Å². The Labute approximate surface area is 154 Å². The number of benzene rings is 2. The van der Waals surface area contributed by atoms with Gasteiger partial charge in [0.05, 0.1) is 11.1 Å². The summed E-state index contributed by atoms with van der Waals surface area (Å²) in [7, 11) is 0. The SMILES string of the molecule is O=C(O)c1ccc2c(c1)OCO2.O=C(O)c1ccc2c(c1)OCO2.[Zn]. The quantitative estimate of drug-likeness (QED) is 0.742. The molecule has 25 heavy (non-hydrogen) atoms. The largest absolute Gasteiger partial charge is 0.478 e. The van der Waals surface area contributed by atoms with Gasteiger partial charge in [0.25, 0.3) is 0 Å². The number of carbonyl (C=O) groups is 2. The Hall–Kier alpha value is -2.80. The first-order valence-corrected chi connectivity index (χ1v) is 6.80. The molecule has 2 aliphatic heterocycles. The van der Waals surface area contributed by atoms with Crippen LogP contribution in [0.15, 0.2) is 36.4 Å². The summed E-state index contributed by atoms with van der Waals surface area (Å²) in [6, 6.07) is 9.04. The van der Waals surface area contributed by atoms with E-state index in [1.807, 2.05) is 0 Å². The van der Waals surface area contributed by atoms with E-state index < -0.39 is 11.9 Å². The van der Waals surface area contributed by atoms with Crippen LogP contribution in [0.3, 0.4) is 0 Å². The van der Waals surface area contributed by atoms with Crippen LogP contribution in [0.2, 0.25) is 0 Å². The first kappa shape index (κ1) is 18.5. The first-order valence-electron chi connectivity index (χ1n) is 6.80. The van der Waals surface area contributed by atoms with E-state index in [1.165, 1.54) is 24.3 Å². The molecule has 2 heterocycles. The van der Waals surface area contributed by atoms with Crippen LogP contribution in [0.5, 0.6) is 23.0 Å². The van der Waals surface area contributed by atoms with Crippen LogP contribution < -0.4 is 18.9 Å². The van der Waals surface area contributed by atoms with Gasteiger partial charge in [0.1, 0.15) is 0 Å². The van der Waals surface area contributed by atoms with Crippen molar-refractivity contribution in [2.24, 2.45) is 0 Å². The van der Waals surface area contributed by atoms with E-state index in [2.05, 4.69) is 0 Å². The van der Waals surface area contributed by atoms with Crippen LogP contribution in [0.4, 0.5) is 0 Å². The van der Waals surface area contributed by atoms with E-state index in [4.69, 9.17) is 29.2 Å². The number of rotatable bonds is 2. The normalized spacial score (nSPS) is 12.5. The second kappa shape index (κ2) is 7.85. The molecule has 2 aromatic carbocycles. The number of carboxylic acids is 2. The molecular weight excluding hydrogens is 386 g/mol. The van der Waals surface area contributed by atoms with E-state index >= 15 is 0 Å². The molecule has 0 bridgehead atoms. The Morgan fingerprint density at radius 3 is 1.40 bits per heavy atom. The smallest absolute Gasteiger partial charge is 0.335 e. The molecule has 0 saturated heterocycles. The van der Waals surface area contributed by atoms with Crippen molar-refractivity contribution in [2.75, 3.05) is 13.6 Å². The van der Waals surface area contributed by atoms with Crippen LogP contribution >= 0.6 is 0 Å². The molecule has 0 fully saturated rings. The number of hydrogen-bond acceptors (Lipinski definition) is 6. The minimum atomic E-state index is -0.965. The van der Waals surface area contributed by atoms with Crippen LogP contribution in [-0.4, -0.2) is 35.7 Å². The number of hydrogen-bond donors (Lipinski definition) is 2. The zero-order chi connectivity index (χ0) is 17.1. The average molecular weight is 398 g/mol. The van der Waals surface area contributed by atoms with Gasteiger partial charge in [-0.1, -0.05) is 0 Å². The third-order valence-corrected chi connectivity index (χ3v) is 3.24. The number of aromatic carboxylic acids is 2. The Morgan fingerprint density at radius 2 is 1.04 bits per heavy atom. The van der Waals surface area contributed by atoms with Crippen LogP contribution in [0.25, 0.3) is 0 Å². The van der Waals surface area contributed by atoms with Gasteiger partial charge in [-0.3, -0.25) is 0 Å². The summed E-state index contributed by atoms with van der Waals surface area (Å²) in [5, 5.41) is 17.2. The van der Waals surface area contributed by atoms with Crippen molar-refractivity contribution in [1.82, 2.24) is 0 Å². The van der Waals surface area contributed by atoms with E-state index in [-0.39, 0.29) is 44.2 Å². The molecule has 0 amide bonds. The van der Waals surface area contributed by atoms with Crippen LogP contribution in [-0.2, 0) is 19.5 Å². The second-order valence-corrected chi connectivity index (χ2v) is 4.75. The van der Waals surface area contributed by atoms with Gasteiger partial charge in [-0.2, -0.15) is 0 Å². The van der Waals surface area contributed by atoms with Crippen molar-refractivity contribution in [3.05, 3.63) is 47.5 Å². The van der Waals surface area contributed by atoms with Crippen LogP contribution in [0, 0.1) is 0 Å². The van der Waals surface area contributed by atoms with Crippen molar-refractivity contribution in [3.63, 3.8) is 0 Å². The fourth-order valence-corrected chi connectivity index (χ4v) is 2.06. The second-order valence-electron chi connectivity index (χ2n) is 4.75. The summed E-state index contributed by atoms with van der Waals surface area (Å²) in [5.74, 6) is 0.256. The van der Waals surface area contributed by atoms with Gasteiger partial charge in [0.15, 0.2) is 23.0 Å². The monoisotopic (exact) mass is 396 g/mol. The van der Waals surface area contributed by atoms with Gasteiger partial charge in [0, 0.05) is 19.5 Å². The van der Waals surface area contributed by atoms with Gasteiger partial charge in [0.2, 0.25) is 13.6 Å². The number of carboxylic acid groups (broad SMARTS) is 2. The molecule has 8 nitrogen and oxygen atoms in total. The zero-order valence-corrected chi connectivity index (χ0v) is 15.9. The van der Waals surface area contributed by atoms with Crippen molar-refractivity contribution < 1.29 is 58.2 Å². The molecule has 0 saturated carbocycles. The molecule has 0 radical (unpaired) electrons. The summed E-state index contributed by atoms with van der Waals surface area (Å²) in [4.78, 5) is 21.0. The van der Waals surface area contributed by atoms with Gasteiger partial charge in [-0.15, -0.1) is 0 Å². The summed E-state index contributed by atoms with van der Waals surface area (Å²) in [6.07, 6.45) is 0. The molecule has 2 N–H and O–H groups in total. The molecule has 0 spiro atoms. The van der Waals surface area contributed by atoms with E-state index in [0.717, 1.165) is 0 Å². The van der Waals surface area contributed by atoms with E-state index in [1.54, 1.807) is 12.1 Å². The fourth-order valence-electron chi connectivity index (χ4n) is 2.06. The Bertz CT molecular complexity index is 737. The molecule has 2 aliphatic rings. The van der Waals surface area contributed by atoms with Gasteiger partial charge in [-0.25, -0.2) is 9.59 Å². The Balaban J connectivity index is 0.000000173. The van der Waals surface area contributed by atoms with Crippen LogP contribution in [0.1, 0.15) is 20.7 Å². The summed E-state index contributed by atoms with van der Waals surface area (Å²) in [6.45, 7) is 0.330. The minimum Gasteiger partial charge on any atom is -0.478 e. The topological polar surface area (TPSA) is 112 Å². The Kier molecular flexibility index (Phi) is 5.82. The molecule has 0 atom stereocenters. The van der Waals surface area contributed by atoms with Gasteiger partial charge in [-0.05, 0) is 36.4 Å². The summed E-state index contributed by atoms with van der Waals surface area (Å²) >= 11 is 0. The van der Waals surface area contributed by atoms with Crippen molar-refractivity contribution in [1.29, 1.82) is 0 Å². The first-order chi connectivity index (χ1) is 11.5. The minimum absolute atomic E-state index is 0. The van der Waals surface area contributed by atoms with E-state index in [0.29, 0.717) is 23.0 Å². The van der Waals surface area contributed by atoms with Crippen molar-refractivity contribution in [2.45, 2.75) is 0 Å². The van der Waals surface area contributed by atoms with Gasteiger partial charge >= 0.3 is 11.9 Å². The predicted octanol–water partition coefficient (Wildman–Crippen LogP) is 2.22. The number of ether oxygens (including phenoxy) is 4. The molecule has 0 unspecified atom stereocenters. The maximum absolute atomic E-state index is 10.5. The third-order valence-electron chi connectivity index (χ3n) is 3.24. The molecule has 2 aromatic rings. The fraction of sp³-hybridized carbons (Fsp3) is 0.125. The standard InChI is InChI=1S/2C8H6O4.Zn/c2*9-8(10)5-1-2-6-7(3-5)12-4-11-6;/h2*1-3H,4H2,(H,9,10);. The van der Waals surface area contributed by atoms with Gasteiger partial charge < -0.3 is 29.2 Å². The molecule has 9 heteroatoms.